The molecule has 66 valence electrons. The molecule has 0 unspecified atom stereocenters. The Morgan fingerprint density at radius 2 is 2.00 bits per heavy atom. The summed E-state index contributed by atoms with van der Waals surface area (Å²) in [5.41, 5.74) is 1.01. The van der Waals surface area contributed by atoms with E-state index < -0.39 is 5.97 Å². The second kappa shape index (κ2) is 4.18. The normalized spacial score (nSPS) is 8.92. The number of benzene rings is 1. The third-order valence-corrected chi connectivity index (χ3v) is 1.53. The second-order valence-corrected chi connectivity index (χ2v) is 2.41. The van der Waals surface area contributed by atoms with Gasteiger partial charge in [-0.15, -0.1) is 0 Å². The topological polar surface area (TPSA) is 66.7 Å². The van der Waals surface area contributed by atoms with Crippen molar-refractivity contribution >= 4 is 12.0 Å². The van der Waals surface area contributed by atoms with Crippen LogP contribution in [0.2, 0.25) is 0 Å². The molecule has 0 saturated carbocycles. The molecule has 0 amide bonds. The molecule has 1 aromatic carbocycles. The van der Waals surface area contributed by atoms with Gasteiger partial charge in [-0.25, -0.2) is 14.6 Å². The number of rotatable bonds is 3. The summed E-state index contributed by atoms with van der Waals surface area (Å²) >= 11 is 0. The molecule has 0 radical (unpaired) electrons. The zero-order chi connectivity index (χ0) is 9.68. The number of hydrogen-bond donors (Lipinski definition) is 1. The molecule has 0 saturated heterocycles. The van der Waals surface area contributed by atoms with Gasteiger partial charge in [-0.2, -0.15) is 0 Å². The van der Waals surface area contributed by atoms with Crippen LogP contribution < -0.4 is 0 Å². The van der Waals surface area contributed by atoms with Crippen LogP contribution in [0.3, 0.4) is 0 Å². The lowest BCUT2D eigenvalue weighted by molar-refractivity contribution is 0.0697. The molecule has 13 heavy (non-hydrogen) atoms. The van der Waals surface area contributed by atoms with Gasteiger partial charge in [0.1, 0.15) is 0 Å². The van der Waals surface area contributed by atoms with Crippen molar-refractivity contribution in [3.8, 4) is 0 Å². The molecule has 0 heterocycles. The van der Waals surface area contributed by atoms with Crippen LogP contribution >= 0.6 is 0 Å². The molecule has 0 bridgehead atoms. The number of carbonyl (C=O) groups is 1. The number of carboxylic acids is 1. The van der Waals surface area contributed by atoms with Gasteiger partial charge in [0.05, 0.1) is 12.1 Å². The molecular formula is C9H7NO3. The number of hydrogen-bond acceptors (Lipinski definition) is 3. The lowest BCUT2D eigenvalue weighted by atomic mass is 10.1. The van der Waals surface area contributed by atoms with Crippen LogP contribution in [-0.4, -0.2) is 17.2 Å². The van der Waals surface area contributed by atoms with Crippen molar-refractivity contribution in [2.45, 2.75) is 6.54 Å². The number of aromatic carboxylic acids is 1. The Morgan fingerprint density at radius 3 is 2.46 bits per heavy atom. The van der Waals surface area contributed by atoms with Crippen LogP contribution in [0.4, 0.5) is 0 Å². The van der Waals surface area contributed by atoms with E-state index in [9.17, 15) is 9.59 Å². The van der Waals surface area contributed by atoms with E-state index in [0.717, 1.165) is 5.56 Å². The highest BCUT2D eigenvalue weighted by molar-refractivity contribution is 5.87. The fraction of sp³-hybridized carbons (Fsp3) is 0.111. The summed E-state index contributed by atoms with van der Waals surface area (Å²) in [6, 6.07) is 6.17. The van der Waals surface area contributed by atoms with Crippen LogP contribution in [0.25, 0.3) is 0 Å². The first-order valence-corrected chi connectivity index (χ1v) is 3.60. The van der Waals surface area contributed by atoms with E-state index in [-0.39, 0.29) is 12.1 Å². The van der Waals surface area contributed by atoms with Gasteiger partial charge in [-0.3, -0.25) is 0 Å². The van der Waals surface area contributed by atoms with E-state index in [1.54, 1.807) is 12.1 Å². The molecule has 1 N–H and O–H groups in total. The lowest BCUT2D eigenvalue weighted by Gasteiger charge is -1.95. The predicted molar refractivity (Wildman–Crippen MR) is 45.2 cm³/mol. The molecule has 0 aliphatic rings. The molecule has 1 rings (SSSR count). The average Bonchev–Trinajstić information content (AvgIpc) is 2.15. The summed E-state index contributed by atoms with van der Waals surface area (Å²) in [5.74, 6) is -0.967. The fourth-order valence-electron chi connectivity index (χ4n) is 0.876. The van der Waals surface area contributed by atoms with E-state index in [0.29, 0.717) is 0 Å². The highest BCUT2D eigenvalue weighted by Gasteiger charge is 2.00. The first-order chi connectivity index (χ1) is 6.24. The van der Waals surface area contributed by atoms with Crippen molar-refractivity contribution < 1.29 is 14.7 Å². The molecule has 0 spiro atoms. The molecule has 0 aliphatic heterocycles. The van der Waals surface area contributed by atoms with Gasteiger partial charge in [0.2, 0.25) is 6.08 Å². The van der Waals surface area contributed by atoms with Crippen LogP contribution in [0.1, 0.15) is 15.9 Å². The molecule has 0 aromatic heterocycles. The summed E-state index contributed by atoms with van der Waals surface area (Å²) < 4.78 is 0. The maximum Gasteiger partial charge on any atom is 0.335 e. The van der Waals surface area contributed by atoms with Crippen LogP contribution in [0.5, 0.6) is 0 Å². The van der Waals surface area contributed by atoms with Crippen molar-refractivity contribution in [1.82, 2.24) is 0 Å². The van der Waals surface area contributed by atoms with E-state index >= 15 is 0 Å². The molecule has 4 heteroatoms. The Bertz CT molecular complexity index is 350. The Balaban J connectivity index is 2.80. The number of isocyanates is 1. The molecule has 0 aliphatic carbocycles. The smallest absolute Gasteiger partial charge is 0.335 e. The van der Waals surface area contributed by atoms with Crippen molar-refractivity contribution in [2.24, 2.45) is 4.99 Å². The molecule has 0 atom stereocenters. The highest BCUT2D eigenvalue weighted by Crippen LogP contribution is 2.05. The third-order valence-electron chi connectivity index (χ3n) is 1.53. The minimum atomic E-state index is -0.967. The SMILES string of the molecule is O=C=NCc1ccc(C(=O)O)cc1. The number of aliphatic imine (C=N–C) groups is 1. The molecule has 0 fully saturated rings. The molecule has 4 nitrogen and oxygen atoms in total. The molecule has 1 aromatic rings. The van der Waals surface area contributed by atoms with Crippen molar-refractivity contribution in [1.29, 1.82) is 0 Å². The van der Waals surface area contributed by atoms with Crippen molar-refractivity contribution in [2.75, 3.05) is 0 Å². The quantitative estimate of drug-likeness (QED) is 0.557. The van der Waals surface area contributed by atoms with Gasteiger partial charge >= 0.3 is 5.97 Å². The van der Waals surface area contributed by atoms with E-state index in [2.05, 4.69) is 4.99 Å². The largest absolute Gasteiger partial charge is 0.478 e. The lowest BCUT2D eigenvalue weighted by Crippen LogP contribution is -1.95. The van der Waals surface area contributed by atoms with Crippen LogP contribution in [0, 0.1) is 0 Å². The standard InChI is InChI=1S/C9H7NO3/c11-6-10-5-7-1-3-8(4-2-7)9(12)13/h1-4H,5H2,(H,12,13). The van der Waals surface area contributed by atoms with E-state index in [1.807, 2.05) is 0 Å². The summed E-state index contributed by atoms with van der Waals surface area (Å²) in [5, 5.41) is 8.57. The zero-order valence-electron chi connectivity index (χ0n) is 6.73. The Morgan fingerprint density at radius 1 is 1.38 bits per heavy atom. The Hall–Kier alpha value is -1.93. The molecular weight excluding hydrogens is 170 g/mol. The third kappa shape index (κ3) is 2.54. The second-order valence-electron chi connectivity index (χ2n) is 2.41. The Labute approximate surface area is 74.5 Å². The number of nitrogens with zero attached hydrogens (tertiary/aromatic N) is 1. The monoisotopic (exact) mass is 177 g/mol. The first kappa shape index (κ1) is 9.16. The van der Waals surface area contributed by atoms with E-state index in [1.165, 1.54) is 18.2 Å². The minimum absolute atomic E-state index is 0.221. The van der Waals surface area contributed by atoms with Gasteiger partial charge < -0.3 is 5.11 Å². The summed E-state index contributed by atoms with van der Waals surface area (Å²) in [6.45, 7) is 0.239. The average molecular weight is 177 g/mol. The minimum Gasteiger partial charge on any atom is -0.478 e. The fourth-order valence-corrected chi connectivity index (χ4v) is 0.876. The predicted octanol–water partition coefficient (Wildman–Crippen LogP) is 1.22. The van der Waals surface area contributed by atoms with Gasteiger partial charge in [-0.05, 0) is 17.7 Å². The number of carboxylic acid groups (broad SMARTS) is 1. The summed E-state index contributed by atoms with van der Waals surface area (Å²) in [6.07, 6.45) is 1.41. The van der Waals surface area contributed by atoms with Crippen molar-refractivity contribution in [3.05, 3.63) is 35.4 Å². The number of carbonyl (C=O) groups excluding carboxylic acids is 1. The zero-order valence-corrected chi connectivity index (χ0v) is 6.73. The van der Waals surface area contributed by atoms with Gasteiger partial charge in [-0.1, -0.05) is 12.1 Å². The maximum atomic E-state index is 10.4. The van der Waals surface area contributed by atoms with Crippen molar-refractivity contribution in [3.63, 3.8) is 0 Å². The van der Waals surface area contributed by atoms with E-state index in [4.69, 9.17) is 5.11 Å². The first-order valence-electron chi connectivity index (χ1n) is 3.60. The van der Waals surface area contributed by atoms with Gasteiger partial charge in [0.25, 0.3) is 0 Å². The summed E-state index contributed by atoms with van der Waals surface area (Å²) in [4.78, 5) is 23.6. The van der Waals surface area contributed by atoms with Crippen LogP contribution in [-0.2, 0) is 11.3 Å². The van der Waals surface area contributed by atoms with Gasteiger partial charge in [0.15, 0.2) is 0 Å². The van der Waals surface area contributed by atoms with Crippen LogP contribution in [0.15, 0.2) is 29.3 Å². The Kier molecular flexibility index (Phi) is 2.95. The highest BCUT2D eigenvalue weighted by atomic mass is 16.4. The maximum absolute atomic E-state index is 10.4. The summed E-state index contributed by atoms with van der Waals surface area (Å²) in [7, 11) is 0. The van der Waals surface area contributed by atoms with Gasteiger partial charge in [0, 0.05) is 0 Å².